The smallest absolute Gasteiger partial charge is 0.249 e. The van der Waals surface area contributed by atoms with Crippen molar-refractivity contribution in [2.24, 2.45) is 4.40 Å². The van der Waals surface area contributed by atoms with Crippen molar-refractivity contribution in [1.82, 2.24) is 0 Å². The van der Waals surface area contributed by atoms with Crippen LogP contribution in [-0.2, 0) is 29.6 Å². The topological polar surface area (TPSA) is 164 Å². The van der Waals surface area contributed by atoms with Gasteiger partial charge in [-0.3, -0.25) is 0 Å². The Bertz CT molecular complexity index is 1930. The van der Waals surface area contributed by atoms with E-state index in [0.29, 0.717) is 47.0 Å². The zero-order valence-electron chi connectivity index (χ0n) is 26.7. The highest BCUT2D eigenvalue weighted by Crippen LogP contribution is 2.41. The number of ether oxygens (including phenoxy) is 4. The van der Waals surface area contributed by atoms with Crippen LogP contribution in [0.1, 0.15) is 44.1 Å². The number of hydrogen-bond acceptors (Lipinski definition) is 10. The Hall–Kier alpha value is -4.27. The van der Waals surface area contributed by atoms with E-state index in [-0.39, 0.29) is 29.3 Å². The minimum atomic E-state index is -5.03. The van der Waals surface area contributed by atoms with E-state index >= 15 is 0 Å². The summed E-state index contributed by atoms with van der Waals surface area (Å²) in [6.45, 7) is 1.23. The molecule has 0 spiro atoms. The summed E-state index contributed by atoms with van der Waals surface area (Å²) in [7, 11) is -8.92. The predicted octanol–water partition coefficient (Wildman–Crippen LogP) is 5.47. The fourth-order valence-corrected chi connectivity index (χ4v) is 7.14. The molecule has 0 radical (unpaired) electrons. The van der Waals surface area contributed by atoms with E-state index in [1.165, 1.54) is 12.1 Å². The van der Waals surface area contributed by atoms with Crippen LogP contribution in [0.3, 0.4) is 0 Å². The first kappa shape index (κ1) is 34.6. The molecule has 2 heterocycles. The summed E-state index contributed by atoms with van der Waals surface area (Å²) in [5, 5.41) is 12.4. The first-order valence-corrected chi connectivity index (χ1v) is 19.2. The van der Waals surface area contributed by atoms with Crippen LogP contribution in [0.5, 0.6) is 11.5 Å². The molecule has 0 N–H and O–H groups in total. The lowest BCUT2D eigenvalue weighted by Crippen LogP contribution is -2.24. The van der Waals surface area contributed by atoms with Crippen molar-refractivity contribution in [2.75, 3.05) is 19.5 Å². The molecule has 4 aromatic carbocycles. The molecule has 2 aliphatic heterocycles. The highest BCUT2D eigenvalue weighted by molar-refractivity contribution is 7.89. The number of benzene rings is 4. The van der Waals surface area contributed by atoms with Crippen molar-refractivity contribution < 1.29 is 45.4 Å². The summed E-state index contributed by atoms with van der Waals surface area (Å²) in [5.74, 6) is 0.164. The zero-order chi connectivity index (χ0) is 34.6. The van der Waals surface area contributed by atoms with Gasteiger partial charge in [-0.2, -0.15) is 4.40 Å². The summed E-state index contributed by atoms with van der Waals surface area (Å²) in [4.78, 5) is -0.399. The van der Waals surface area contributed by atoms with Gasteiger partial charge in [-0.15, -0.1) is 0 Å². The van der Waals surface area contributed by atoms with Crippen LogP contribution < -0.4 is 14.6 Å². The molecule has 6 rings (SSSR count). The molecule has 2 atom stereocenters. The molecule has 2 aliphatic rings. The lowest BCUT2D eigenvalue weighted by molar-refractivity contribution is -0.212. The number of sulfonamides is 1. The van der Waals surface area contributed by atoms with Gasteiger partial charge in [-0.1, -0.05) is 48.5 Å². The largest absolute Gasteiger partial charge is 0.858 e. The fourth-order valence-electron chi connectivity index (χ4n) is 5.84. The van der Waals surface area contributed by atoms with Gasteiger partial charge in [0.2, 0.25) is 10.0 Å². The van der Waals surface area contributed by atoms with Crippen LogP contribution in [0.25, 0.3) is 33.4 Å². The Morgan fingerprint density at radius 3 is 1.51 bits per heavy atom. The lowest BCUT2D eigenvalue weighted by Gasteiger charge is -2.24. The Morgan fingerprint density at radius 1 is 0.673 bits per heavy atom. The number of nitrogens with zero attached hydrogens (tertiary/aromatic N) is 1. The Labute approximate surface area is 286 Å². The maximum atomic E-state index is 13.0. The van der Waals surface area contributed by atoms with Crippen LogP contribution >= 0.6 is 0 Å². The molecule has 258 valence electrons. The van der Waals surface area contributed by atoms with Crippen LogP contribution in [0.4, 0.5) is 0 Å². The van der Waals surface area contributed by atoms with Gasteiger partial charge in [0.05, 0.1) is 24.4 Å². The van der Waals surface area contributed by atoms with Gasteiger partial charge in [0.25, 0.3) is 0 Å². The summed E-state index contributed by atoms with van der Waals surface area (Å²) in [6.07, 6.45) is 5.55. The SMILES string of the molecule is CS(=O)(=O)/N=C(\[O-])c1ccc(-c2cc(-c3ccc(OC4CCCCO4)cc3)c(S(=O)(=O)[O-])c(-c3ccc(OC4CCCCO4)cc3)c2)cc1. The Kier molecular flexibility index (Phi) is 10.4. The van der Waals surface area contributed by atoms with Crippen LogP contribution in [0, 0.1) is 0 Å². The van der Waals surface area contributed by atoms with Crippen molar-refractivity contribution >= 4 is 26.0 Å². The van der Waals surface area contributed by atoms with Crippen LogP contribution in [-0.4, -0.2) is 59.3 Å². The molecule has 2 unspecified atom stereocenters. The van der Waals surface area contributed by atoms with E-state index in [1.54, 1.807) is 72.8 Å². The molecule has 2 fully saturated rings. The van der Waals surface area contributed by atoms with Crippen molar-refractivity contribution in [3.8, 4) is 44.9 Å². The minimum absolute atomic E-state index is 0.0587. The second-order valence-corrected chi connectivity index (χ2v) is 14.9. The molecule has 13 heteroatoms. The molecule has 49 heavy (non-hydrogen) atoms. The van der Waals surface area contributed by atoms with Gasteiger partial charge in [0.1, 0.15) is 21.6 Å². The standard InChI is InChI=1S/C36H37NO10S2/c1-48(39,40)37-36(38)27-10-8-24(9-11-27)28-22-31(25-12-16-29(17-13-25)46-33-6-2-4-20-44-33)35(49(41,42)43)32(23-28)26-14-18-30(19-15-26)47-34-7-3-5-21-45-34/h8-19,22-23,33-34H,2-7,20-21H2,1H3,(H,37,38)(H,41,42,43)/p-2. The third-order valence-electron chi connectivity index (χ3n) is 8.19. The average molecular weight is 706 g/mol. The molecule has 2 saturated heterocycles. The molecular formula is C36H35NO10S2-2. The number of hydrogen-bond donors (Lipinski definition) is 0. The third kappa shape index (κ3) is 8.86. The summed E-state index contributed by atoms with van der Waals surface area (Å²) in [6, 6.07) is 22.8. The first-order chi connectivity index (χ1) is 23.4. The highest BCUT2D eigenvalue weighted by atomic mass is 32.2. The zero-order valence-corrected chi connectivity index (χ0v) is 28.4. The third-order valence-corrected chi connectivity index (χ3v) is 9.63. The maximum Gasteiger partial charge on any atom is 0.249 e. The van der Waals surface area contributed by atoms with Crippen molar-refractivity contribution in [3.63, 3.8) is 0 Å². The Morgan fingerprint density at radius 2 is 1.12 bits per heavy atom. The average Bonchev–Trinajstić information content (AvgIpc) is 3.08. The Balaban J connectivity index is 1.43. The van der Waals surface area contributed by atoms with Crippen molar-refractivity contribution in [1.29, 1.82) is 0 Å². The van der Waals surface area contributed by atoms with Gasteiger partial charge in [0.15, 0.2) is 12.6 Å². The fraction of sp³-hybridized carbons (Fsp3) is 0.306. The van der Waals surface area contributed by atoms with Crippen molar-refractivity contribution in [3.05, 3.63) is 90.5 Å². The van der Waals surface area contributed by atoms with Gasteiger partial charge < -0.3 is 28.6 Å². The van der Waals surface area contributed by atoms with E-state index in [9.17, 15) is 26.5 Å². The number of rotatable bonds is 10. The molecule has 0 aromatic heterocycles. The normalized spacial score (nSPS) is 18.9. The lowest BCUT2D eigenvalue weighted by atomic mass is 9.92. The molecule has 0 amide bonds. The van der Waals surface area contributed by atoms with E-state index in [2.05, 4.69) is 4.40 Å². The first-order valence-electron chi connectivity index (χ1n) is 15.9. The molecule has 0 bridgehead atoms. The molecule has 11 nitrogen and oxygen atoms in total. The van der Waals surface area contributed by atoms with Gasteiger partial charge in [0, 0.05) is 29.9 Å². The summed E-state index contributed by atoms with van der Waals surface area (Å²) < 4.78 is 88.6. The van der Waals surface area contributed by atoms with Gasteiger partial charge >= 0.3 is 0 Å². The monoisotopic (exact) mass is 705 g/mol. The van der Waals surface area contributed by atoms with Gasteiger partial charge in [-0.05, 0) is 89.9 Å². The van der Waals surface area contributed by atoms with Gasteiger partial charge in [-0.25, -0.2) is 16.8 Å². The van der Waals surface area contributed by atoms with Crippen LogP contribution in [0.2, 0.25) is 0 Å². The maximum absolute atomic E-state index is 13.0. The van der Waals surface area contributed by atoms with E-state index < -0.39 is 30.9 Å². The summed E-state index contributed by atoms with van der Waals surface area (Å²) >= 11 is 0. The van der Waals surface area contributed by atoms with Crippen molar-refractivity contribution in [2.45, 2.75) is 56.0 Å². The molecule has 0 saturated carbocycles. The quantitative estimate of drug-likeness (QED) is 0.117. The summed E-state index contributed by atoms with van der Waals surface area (Å²) in [5.41, 5.74) is 2.45. The molecule has 0 aliphatic carbocycles. The minimum Gasteiger partial charge on any atom is -0.858 e. The van der Waals surface area contributed by atoms with E-state index in [4.69, 9.17) is 18.9 Å². The molecular weight excluding hydrogens is 671 g/mol. The molecule has 4 aromatic rings. The second kappa shape index (κ2) is 14.7. The predicted molar refractivity (Wildman–Crippen MR) is 181 cm³/mol. The second-order valence-electron chi connectivity index (χ2n) is 11.9. The highest BCUT2D eigenvalue weighted by Gasteiger charge is 2.22. The van der Waals surface area contributed by atoms with E-state index in [1.807, 2.05) is 0 Å². The van der Waals surface area contributed by atoms with Crippen LogP contribution in [0.15, 0.2) is 94.2 Å². The van der Waals surface area contributed by atoms with E-state index in [0.717, 1.165) is 44.8 Å².